The van der Waals surface area contributed by atoms with Gasteiger partial charge in [-0.1, -0.05) is 12.1 Å². The fourth-order valence-corrected chi connectivity index (χ4v) is 3.07. The lowest BCUT2D eigenvalue weighted by molar-refractivity contribution is -0.138. The van der Waals surface area contributed by atoms with Gasteiger partial charge in [0.15, 0.2) is 0 Å². The van der Waals surface area contributed by atoms with Gasteiger partial charge >= 0.3 is 0 Å². The van der Waals surface area contributed by atoms with Gasteiger partial charge in [0.05, 0.1) is 18.1 Å². The zero-order valence-corrected chi connectivity index (χ0v) is 14.4. The molecule has 0 aromatic heterocycles. The molecule has 1 fully saturated rings. The van der Waals surface area contributed by atoms with Crippen LogP contribution in [0.15, 0.2) is 48.5 Å². The van der Waals surface area contributed by atoms with Crippen LogP contribution in [0.1, 0.15) is 18.1 Å². The molecule has 1 atom stereocenters. The van der Waals surface area contributed by atoms with E-state index in [-0.39, 0.29) is 36.6 Å². The summed E-state index contributed by atoms with van der Waals surface area (Å²) in [6.07, 6.45) is 0.0618. The average Bonchev–Trinajstić information content (AvgIpc) is 2.63. The van der Waals surface area contributed by atoms with E-state index in [2.05, 4.69) is 0 Å². The molecule has 1 aliphatic heterocycles. The third kappa shape index (κ3) is 3.72. The molecule has 1 saturated heterocycles. The van der Waals surface area contributed by atoms with E-state index in [0.717, 1.165) is 0 Å². The smallest absolute Gasteiger partial charge is 0.246 e. The predicted octanol–water partition coefficient (Wildman–Crippen LogP) is 2.50. The van der Waals surface area contributed by atoms with Crippen molar-refractivity contribution in [1.29, 1.82) is 5.26 Å². The topological polar surface area (TPSA) is 64.4 Å². The number of rotatable bonds is 3. The highest BCUT2D eigenvalue weighted by atomic mass is 19.1. The molecule has 132 valence electrons. The number of hydrogen-bond acceptors (Lipinski definition) is 3. The summed E-state index contributed by atoms with van der Waals surface area (Å²) in [5, 5.41) is 8.87. The number of carbonyl (C=O) groups excluding carboxylic acids is 2. The van der Waals surface area contributed by atoms with Gasteiger partial charge in [0.2, 0.25) is 11.8 Å². The first-order valence-corrected chi connectivity index (χ1v) is 8.32. The molecule has 5 nitrogen and oxygen atoms in total. The van der Waals surface area contributed by atoms with Crippen LogP contribution in [-0.4, -0.2) is 35.8 Å². The Kier molecular flexibility index (Phi) is 4.99. The lowest BCUT2D eigenvalue weighted by Crippen LogP contribution is -2.57. The van der Waals surface area contributed by atoms with Crippen molar-refractivity contribution in [2.45, 2.75) is 19.4 Å². The Morgan fingerprint density at radius 1 is 1.27 bits per heavy atom. The van der Waals surface area contributed by atoms with Gasteiger partial charge in [0, 0.05) is 18.3 Å². The summed E-state index contributed by atoms with van der Waals surface area (Å²) < 4.78 is 13.3. The van der Waals surface area contributed by atoms with E-state index in [9.17, 15) is 14.0 Å². The van der Waals surface area contributed by atoms with Crippen LogP contribution in [0.5, 0.6) is 0 Å². The van der Waals surface area contributed by atoms with Crippen molar-refractivity contribution in [3.8, 4) is 6.07 Å². The summed E-state index contributed by atoms with van der Waals surface area (Å²) >= 11 is 0. The molecule has 0 bridgehead atoms. The molecule has 0 radical (unpaired) electrons. The molecule has 26 heavy (non-hydrogen) atoms. The monoisotopic (exact) mass is 351 g/mol. The minimum atomic E-state index is -0.384. The SMILES string of the molecule is C[C@@H]1CN(c2ccc(C#N)cc2)C(=O)CN1C(=O)Cc1cccc(F)c1. The molecular weight excluding hydrogens is 333 g/mol. The summed E-state index contributed by atoms with van der Waals surface area (Å²) in [6.45, 7) is 2.24. The number of carbonyl (C=O) groups is 2. The van der Waals surface area contributed by atoms with Crippen molar-refractivity contribution >= 4 is 17.5 Å². The Morgan fingerprint density at radius 3 is 2.65 bits per heavy atom. The van der Waals surface area contributed by atoms with Gasteiger partial charge < -0.3 is 9.80 Å². The minimum Gasteiger partial charge on any atom is -0.329 e. The quantitative estimate of drug-likeness (QED) is 0.853. The van der Waals surface area contributed by atoms with E-state index in [0.29, 0.717) is 23.4 Å². The maximum atomic E-state index is 13.3. The molecule has 1 heterocycles. The van der Waals surface area contributed by atoms with Crippen LogP contribution in [0.25, 0.3) is 0 Å². The Morgan fingerprint density at radius 2 is 2.00 bits per heavy atom. The van der Waals surface area contributed by atoms with Crippen LogP contribution in [0.3, 0.4) is 0 Å². The van der Waals surface area contributed by atoms with Crippen molar-refractivity contribution in [1.82, 2.24) is 4.90 Å². The van der Waals surface area contributed by atoms with Crippen LogP contribution in [0.4, 0.5) is 10.1 Å². The van der Waals surface area contributed by atoms with Crippen molar-refractivity contribution in [2.24, 2.45) is 0 Å². The molecule has 0 unspecified atom stereocenters. The number of piperazine rings is 1. The van der Waals surface area contributed by atoms with E-state index in [1.807, 2.05) is 13.0 Å². The normalized spacial score (nSPS) is 17.1. The van der Waals surface area contributed by atoms with E-state index in [1.165, 1.54) is 17.0 Å². The lowest BCUT2D eigenvalue weighted by atomic mass is 10.1. The second-order valence-corrected chi connectivity index (χ2v) is 6.34. The minimum absolute atomic E-state index is 0.0185. The van der Waals surface area contributed by atoms with Crippen LogP contribution < -0.4 is 4.90 Å². The molecule has 1 aliphatic rings. The molecular formula is C20H18FN3O2. The van der Waals surface area contributed by atoms with Gasteiger partial charge in [-0.3, -0.25) is 9.59 Å². The summed E-state index contributed by atoms with van der Waals surface area (Å²) in [5.41, 5.74) is 1.82. The summed E-state index contributed by atoms with van der Waals surface area (Å²) in [6, 6.07) is 14.6. The van der Waals surface area contributed by atoms with Crippen LogP contribution in [-0.2, 0) is 16.0 Å². The molecule has 2 aromatic rings. The highest BCUT2D eigenvalue weighted by Crippen LogP contribution is 2.21. The largest absolute Gasteiger partial charge is 0.329 e. The first-order chi connectivity index (χ1) is 12.5. The van der Waals surface area contributed by atoms with Gasteiger partial charge in [0.1, 0.15) is 12.4 Å². The molecule has 0 spiro atoms. The van der Waals surface area contributed by atoms with Crippen molar-refractivity contribution in [3.05, 3.63) is 65.5 Å². The van der Waals surface area contributed by atoms with E-state index >= 15 is 0 Å². The summed E-state index contributed by atoms with van der Waals surface area (Å²) in [5.74, 6) is -0.763. The highest BCUT2D eigenvalue weighted by Gasteiger charge is 2.33. The van der Waals surface area contributed by atoms with E-state index in [4.69, 9.17) is 5.26 Å². The first kappa shape index (κ1) is 17.6. The Balaban J connectivity index is 1.70. The van der Waals surface area contributed by atoms with Crippen LogP contribution >= 0.6 is 0 Å². The maximum Gasteiger partial charge on any atom is 0.246 e. The van der Waals surface area contributed by atoms with Crippen molar-refractivity contribution < 1.29 is 14.0 Å². The maximum absolute atomic E-state index is 13.3. The molecule has 0 aliphatic carbocycles. The fraction of sp³-hybridized carbons (Fsp3) is 0.250. The highest BCUT2D eigenvalue weighted by molar-refractivity contribution is 5.98. The fourth-order valence-electron chi connectivity index (χ4n) is 3.07. The summed E-state index contributed by atoms with van der Waals surface area (Å²) in [7, 11) is 0. The van der Waals surface area contributed by atoms with Crippen molar-refractivity contribution in [3.63, 3.8) is 0 Å². The third-order valence-corrected chi connectivity index (χ3v) is 4.46. The second-order valence-electron chi connectivity index (χ2n) is 6.34. The standard InChI is InChI=1S/C20H18FN3O2/c1-14-12-24(18-7-5-15(11-22)6-8-18)20(26)13-23(14)19(25)10-16-3-2-4-17(21)9-16/h2-9,14H,10,12-13H2,1H3/t14-/m1/s1. The molecule has 2 amide bonds. The number of amides is 2. The summed E-state index contributed by atoms with van der Waals surface area (Å²) in [4.78, 5) is 28.2. The average molecular weight is 351 g/mol. The molecule has 6 heteroatoms. The van der Waals surface area contributed by atoms with Crippen LogP contribution in [0.2, 0.25) is 0 Å². The zero-order chi connectivity index (χ0) is 18.7. The number of hydrogen-bond donors (Lipinski definition) is 0. The zero-order valence-electron chi connectivity index (χ0n) is 14.4. The molecule has 3 rings (SSSR count). The molecule has 0 N–H and O–H groups in total. The van der Waals surface area contributed by atoms with Gasteiger partial charge in [-0.2, -0.15) is 5.26 Å². The number of halogens is 1. The van der Waals surface area contributed by atoms with Gasteiger partial charge in [-0.05, 0) is 48.9 Å². The van der Waals surface area contributed by atoms with Crippen molar-refractivity contribution in [2.75, 3.05) is 18.0 Å². The van der Waals surface area contributed by atoms with E-state index in [1.54, 1.807) is 41.3 Å². The number of nitrogens with zero attached hydrogens (tertiary/aromatic N) is 3. The number of nitriles is 1. The second kappa shape index (κ2) is 7.36. The van der Waals surface area contributed by atoms with Gasteiger partial charge in [0.25, 0.3) is 0 Å². The van der Waals surface area contributed by atoms with E-state index < -0.39 is 0 Å². The van der Waals surface area contributed by atoms with Gasteiger partial charge in [-0.25, -0.2) is 4.39 Å². The molecule has 0 saturated carbocycles. The lowest BCUT2D eigenvalue weighted by Gasteiger charge is -2.39. The Labute approximate surface area is 151 Å². The predicted molar refractivity (Wildman–Crippen MR) is 94.8 cm³/mol. The number of anilines is 1. The van der Waals surface area contributed by atoms with Crippen LogP contribution in [0, 0.1) is 17.1 Å². The molecule has 2 aromatic carbocycles. The Hall–Kier alpha value is -3.20. The third-order valence-electron chi connectivity index (χ3n) is 4.46. The first-order valence-electron chi connectivity index (χ1n) is 8.32. The number of benzene rings is 2. The van der Waals surface area contributed by atoms with Gasteiger partial charge in [-0.15, -0.1) is 0 Å². The Bertz CT molecular complexity index is 873.